The summed E-state index contributed by atoms with van der Waals surface area (Å²) in [5.74, 6) is 13.2. The number of para-hydroxylation sites is 2. The molecule has 136 heavy (non-hydrogen) atoms. The molecule has 7 unspecified atom stereocenters. The Bertz CT molecular complexity index is 4960. The zero-order chi connectivity index (χ0) is 96.1. The first-order chi connectivity index (χ1) is 66.5. The SMILES string of the molecule is CCC(C)c1ccc(OCOC2CCCCC2)cc1.CCC(C)c1ccc(OCOCCC2CCCCC2)cc1.CCC(C)c1ccc(OCOCCOc2ccc(C3CCCCC3)cc2)cc1.CCC(C)c1ccc2cc(OCOC3CCCCC3)ccc2c1.CCC(C)c1ccc2cc(OCOc3ccccc3)ccc2c1.CCC(C)c1cccc(OC(Oc2ccccc2)C(C)C)c1. The molecule has 7 atom stereocenters. The van der Waals surface area contributed by atoms with Crippen LogP contribution in [-0.4, -0.2) is 72.3 Å². The van der Waals surface area contributed by atoms with Gasteiger partial charge in [0.1, 0.15) is 58.4 Å². The fourth-order valence-corrected chi connectivity index (χ4v) is 17.4. The lowest BCUT2D eigenvalue weighted by Gasteiger charge is -2.24. The van der Waals surface area contributed by atoms with E-state index in [1.165, 1.54) is 215 Å². The average molecular weight is 1850 g/mol. The van der Waals surface area contributed by atoms with E-state index in [9.17, 15) is 0 Å². The summed E-state index contributed by atoms with van der Waals surface area (Å²) in [6.45, 7) is 34.5. The zero-order valence-corrected chi connectivity index (χ0v) is 85.2. The number of ether oxygens (including phenoxy) is 13. The lowest BCUT2D eigenvalue weighted by atomic mass is 9.84. The van der Waals surface area contributed by atoms with Crippen molar-refractivity contribution in [3.05, 3.63) is 294 Å². The quantitative estimate of drug-likeness (QED) is 0.0267. The first-order valence-corrected chi connectivity index (χ1v) is 52.3. The van der Waals surface area contributed by atoms with Gasteiger partial charge in [0.05, 0.1) is 25.4 Å². The molecule has 0 saturated heterocycles. The Labute approximate surface area is 819 Å². The van der Waals surface area contributed by atoms with Crippen LogP contribution in [0, 0.1) is 11.8 Å². The molecule has 0 aliphatic heterocycles. The number of hydrogen-bond acceptors (Lipinski definition) is 13. The summed E-state index contributed by atoms with van der Waals surface area (Å²) in [6, 6.07) is 87.4. The molecule has 0 spiro atoms. The molecule has 4 fully saturated rings. The van der Waals surface area contributed by atoms with Crippen LogP contribution in [-0.2, 0) is 18.9 Å². The summed E-state index contributed by atoms with van der Waals surface area (Å²) in [5, 5.41) is 4.95. The summed E-state index contributed by atoms with van der Waals surface area (Å²) in [7, 11) is 0. The molecule has 4 saturated carbocycles. The van der Waals surface area contributed by atoms with Crippen molar-refractivity contribution < 1.29 is 61.6 Å². The second kappa shape index (κ2) is 62.0. The fraction of sp³-hybridized carbons (Fsp3) is 0.496. The largest absolute Gasteiger partial charge is 0.491 e. The molecule has 4 aliphatic rings. The highest BCUT2D eigenvalue weighted by atomic mass is 16.7. The van der Waals surface area contributed by atoms with Crippen LogP contribution < -0.4 is 42.6 Å². The highest BCUT2D eigenvalue weighted by molar-refractivity contribution is 5.85. The van der Waals surface area contributed by atoms with Crippen LogP contribution in [0.2, 0.25) is 0 Å². The molecular weight excluding hydrogens is 1690 g/mol. The summed E-state index contributed by atoms with van der Waals surface area (Å²) < 4.78 is 74.6. The summed E-state index contributed by atoms with van der Waals surface area (Å²) in [6.07, 6.45) is 35.1. The maximum absolute atomic E-state index is 6.09. The lowest BCUT2D eigenvalue weighted by Crippen LogP contribution is -2.29. The zero-order valence-electron chi connectivity index (χ0n) is 85.2. The maximum atomic E-state index is 6.09. The van der Waals surface area contributed by atoms with Crippen LogP contribution in [0.25, 0.3) is 21.5 Å². The van der Waals surface area contributed by atoms with Crippen LogP contribution in [0.3, 0.4) is 0 Å². The average Bonchev–Trinajstić information content (AvgIpc) is 0.822. The second-order valence-corrected chi connectivity index (χ2v) is 38.3. The van der Waals surface area contributed by atoms with Crippen molar-refractivity contribution >= 4 is 21.5 Å². The molecule has 0 radical (unpaired) electrons. The van der Waals surface area contributed by atoms with E-state index in [0.29, 0.717) is 81.3 Å². The minimum absolute atomic E-state index is 0.209. The Kier molecular flexibility index (Phi) is 49.3. The van der Waals surface area contributed by atoms with Crippen molar-refractivity contribution in [1.29, 1.82) is 0 Å². The molecule has 0 N–H and O–H groups in total. The monoisotopic (exact) mass is 1850 g/mol. The van der Waals surface area contributed by atoms with Crippen molar-refractivity contribution in [1.82, 2.24) is 0 Å². The van der Waals surface area contributed by atoms with Gasteiger partial charge in [-0.3, -0.25) is 0 Å². The van der Waals surface area contributed by atoms with E-state index in [1.54, 1.807) is 0 Å². The maximum Gasteiger partial charge on any atom is 0.243 e. The number of rotatable bonds is 43. The van der Waals surface area contributed by atoms with E-state index < -0.39 is 0 Å². The van der Waals surface area contributed by atoms with Gasteiger partial charge >= 0.3 is 0 Å². The summed E-state index contributed by atoms with van der Waals surface area (Å²) in [5.41, 5.74) is 9.67. The molecule has 11 aromatic carbocycles. The minimum atomic E-state index is -0.297. The first-order valence-electron chi connectivity index (χ1n) is 52.3. The van der Waals surface area contributed by atoms with Gasteiger partial charge in [0, 0.05) is 5.92 Å². The van der Waals surface area contributed by atoms with Gasteiger partial charge in [-0.2, -0.15) is 0 Å². The van der Waals surface area contributed by atoms with E-state index in [0.717, 1.165) is 89.5 Å². The van der Waals surface area contributed by atoms with Gasteiger partial charge in [-0.1, -0.05) is 332 Å². The number of benzene rings is 11. The van der Waals surface area contributed by atoms with Gasteiger partial charge in [0.25, 0.3) is 0 Å². The normalized spacial score (nSPS) is 15.7. The smallest absolute Gasteiger partial charge is 0.243 e. The van der Waals surface area contributed by atoms with Crippen molar-refractivity contribution in [2.24, 2.45) is 11.8 Å². The van der Waals surface area contributed by atoms with E-state index in [1.807, 2.05) is 115 Å². The van der Waals surface area contributed by atoms with Crippen LogP contribution in [0.1, 0.15) is 351 Å². The van der Waals surface area contributed by atoms with Crippen LogP contribution in [0.15, 0.2) is 255 Å². The van der Waals surface area contributed by atoms with Crippen LogP contribution in [0.4, 0.5) is 0 Å². The molecule has 736 valence electrons. The Morgan fingerprint density at radius 2 is 0.566 bits per heavy atom. The first kappa shape index (κ1) is 108. The van der Waals surface area contributed by atoms with Gasteiger partial charge in [0.2, 0.25) is 13.1 Å². The van der Waals surface area contributed by atoms with Gasteiger partial charge in [0.15, 0.2) is 27.2 Å². The Morgan fingerprint density at radius 1 is 0.243 bits per heavy atom. The number of hydrogen-bond donors (Lipinski definition) is 0. The molecule has 11 aromatic rings. The standard InChI is InChI=1S/C25H34O3.C21H28O2.C21H22O2.C20H26O2.C19H30O2.C17H26O2/c1-3-20(2)21-9-13-25(14-10-21)28-19-26-17-18-27-24-15-11-23(12-16-24)22-7-5-4-6-8-22;2*1-3-16(2)17-9-10-19-14-21(12-11-18(19)13-17)23-15-22-20-7-5-4-6-8-20;1-5-16(4)17-10-9-13-19(14-17)22-20(15(2)3)21-18-11-7-6-8-12-18;1-3-16(2)18-9-11-19(12-10-18)21-15-20-14-13-17-7-5-4-6-8-17;1-3-14(2)15-9-11-17(12-10-15)19-13-18-16-7-5-4-6-8-16/h9-16,20,22H,3-8,17-19H2,1-2H3;9-14,16,20H,3-8,15H2,1-2H3;4-14,16H,3,15H2,1-2H3;6-16,20H,5H2,1-4H3;9-12,16-17H,3-8,13-15H2,1-2H3;9-12,14,16H,3-8,13H2,1-2H3. The van der Waals surface area contributed by atoms with Gasteiger partial charge in [-0.05, 0) is 300 Å². The molecule has 15 rings (SSSR count). The Morgan fingerprint density at radius 3 is 1.01 bits per heavy atom. The molecule has 13 heteroatoms. The lowest BCUT2D eigenvalue weighted by molar-refractivity contribution is -0.0499. The van der Waals surface area contributed by atoms with Gasteiger partial charge in [-0.15, -0.1) is 0 Å². The van der Waals surface area contributed by atoms with Crippen LogP contribution >= 0.6 is 0 Å². The van der Waals surface area contributed by atoms with Gasteiger partial charge < -0.3 is 61.6 Å². The Hall–Kier alpha value is -10.0. The van der Waals surface area contributed by atoms with Gasteiger partial charge in [-0.25, -0.2) is 0 Å². The van der Waals surface area contributed by atoms with E-state index >= 15 is 0 Å². The molecule has 13 nitrogen and oxygen atoms in total. The topological polar surface area (TPSA) is 120 Å². The Balaban J connectivity index is 0.000000169. The van der Waals surface area contributed by atoms with Crippen molar-refractivity contribution in [2.45, 2.75) is 330 Å². The molecular formula is C123H166O13. The highest BCUT2D eigenvalue weighted by Gasteiger charge is 2.22. The van der Waals surface area contributed by atoms with Crippen LogP contribution in [0.5, 0.6) is 51.7 Å². The van der Waals surface area contributed by atoms with E-state index in [4.69, 9.17) is 61.6 Å². The third kappa shape index (κ3) is 39.1. The predicted octanol–water partition coefficient (Wildman–Crippen LogP) is 34.5. The molecule has 0 bridgehead atoms. The fourth-order valence-electron chi connectivity index (χ4n) is 17.4. The third-order valence-electron chi connectivity index (χ3n) is 27.9. The summed E-state index contributed by atoms with van der Waals surface area (Å²) >= 11 is 0. The predicted molar refractivity (Wildman–Crippen MR) is 564 cm³/mol. The summed E-state index contributed by atoms with van der Waals surface area (Å²) in [4.78, 5) is 0. The van der Waals surface area contributed by atoms with E-state index in [2.05, 4.69) is 236 Å². The number of fused-ring (bicyclic) bond motifs is 2. The molecule has 0 aromatic heterocycles. The highest BCUT2D eigenvalue weighted by Crippen LogP contribution is 2.37. The second-order valence-electron chi connectivity index (χ2n) is 38.3. The minimum Gasteiger partial charge on any atom is -0.491 e. The third-order valence-corrected chi connectivity index (χ3v) is 27.9. The van der Waals surface area contributed by atoms with E-state index in [-0.39, 0.29) is 25.8 Å². The van der Waals surface area contributed by atoms with Crippen molar-refractivity contribution in [2.75, 3.05) is 53.8 Å². The van der Waals surface area contributed by atoms with Crippen molar-refractivity contribution in [3.63, 3.8) is 0 Å². The van der Waals surface area contributed by atoms with Crippen molar-refractivity contribution in [3.8, 4) is 51.7 Å². The molecule has 4 aliphatic carbocycles. The molecule has 0 amide bonds. The molecule has 0 heterocycles.